The zero-order chi connectivity index (χ0) is 14.5. The topological polar surface area (TPSA) is 50.4 Å². The monoisotopic (exact) mass is 276 g/mol. The molecule has 0 radical (unpaired) electrons. The molecular weight excluding hydrogens is 252 g/mol. The van der Waals surface area contributed by atoms with Gasteiger partial charge in [0.25, 0.3) is 5.91 Å². The molecule has 0 aromatic heterocycles. The Kier molecular flexibility index (Phi) is 5.15. The summed E-state index contributed by atoms with van der Waals surface area (Å²) >= 11 is 0. The van der Waals surface area contributed by atoms with Crippen LogP contribution in [-0.2, 0) is 17.7 Å². The molecule has 0 saturated carbocycles. The lowest BCUT2D eigenvalue weighted by atomic mass is 9.94. The van der Waals surface area contributed by atoms with Crippen LogP contribution in [0.2, 0.25) is 0 Å². The highest BCUT2D eigenvalue weighted by Gasteiger charge is 2.21. The van der Waals surface area contributed by atoms with E-state index < -0.39 is 0 Å². The molecule has 1 amide bonds. The number of fused-ring (bicyclic) bond motifs is 1. The number of methoxy groups -OCH3 is 1. The van der Waals surface area contributed by atoms with Crippen molar-refractivity contribution in [3.05, 3.63) is 34.9 Å². The summed E-state index contributed by atoms with van der Waals surface area (Å²) in [6, 6.07) is 6.02. The van der Waals surface area contributed by atoms with Crippen molar-refractivity contribution in [3.8, 4) is 0 Å². The van der Waals surface area contributed by atoms with E-state index >= 15 is 0 Å². The van der Waals surface area contributed by atoms with Crippen LogP contribution in [-0.4, -0.2) is 32.2 Å². The Labute approximate surface area is 120 Å². The zero-order valence-corrected chi connectivity index (χ0v) is 12.5. The van der Waals surface area contributed by atoms with E-state index in [4.69, 9.17) is 4.74 Å². The van der Waals surface area contributed by atoms with Crippen LogP contribution in [0.1, 0.15) is 35.3 Å². The van der Waals surface area contributed by atoms with Crippen LogP contribution in [0.3, 0.4) is 0 Å². The fourth-order valence-corrected chi connectivity index (χ4v) is 2.57. The minimum Gasteiger partial charge on any atom is -0.383 e. The van der Waals surface area contributed by atoms with Gasteiger partial charge >= 0.3 is 0 Å². The summed E-state index contributed by atoms with van der Waals surface area (Å²) in [5.74, 6) is 0.361. The van der Waals surface area contributed by atoms with Gasteiger partial charge in [-0.2, -0.15) is 0 Å². The quantitative estimate of drug-likeness (QED) is 0.861. The van der Waals surface area contributed by atoms with Crippen molar-refractivity contribution in [1.29, 1.82) is 0 Å². The Morgan fingerprint density at radius 3 is 2.95 bits per heavy atom. The Hall–Kier alpha value is -1.39. The van der Waals surface area contributed by atoms with E-state index in [1.165, 1.54) is 11.1 Å². The predicted octanol–water partition coefficient (Wildman–Crippen LogP) is 1.73. The average Bonchev–Trinajstić information content (AvgIpc) is 2.46. The molecule has 0 aliphatic carbocycles. The van der Waals surface area contributed by atoms with Crippen molar-refractivity contribution in [3.63, 3.8) is 0 Å². The van der Waals surface area contributed by atoms with Gasteiger partial charge in [-0.25, -0.2) is 0 Å². The molecule has 2 N–H and O–H groups in total. The second-order valence-electron chi connectivity index (χ2n) is 5.65. The van der Waals surface area contributed by atoms with Crippen LogP contribution >= 0.6 is 0 Å². The minimum absolute atomic E-state index is 0.0134. The second kappa shape index (κ2) is 6.86. The van der Waals surface area contributed by atoms with Crippen LogP contribution in [0.5, 0.6) is 0 Å². The number of carbonyl (C=O) groups is 1. The molecule has 4 nitrogen and oxygen atoms in total. The van der Waals surface area contributed by atoms with Gasteiger partial charge in [-0.1, -0.05) is 26.0 Å². The van der Waals surface area contributed by atoms with Crippen molar-refractivity contribution >= 4 is 5.91 Å². The molecule has 0 fully saturated rings. The van der Waals surface area contributed by atoms with Gasteiger partial charge in [-0.05, 0) is 36.1 Å². The van der Waals surface area contributed by atoms with Crippen molar-refractivity contribution in [1.82, 2.24) is 10.6 Å². The largest absolute Gasteiger partial charge is 0.383 e. The van der Waals surface area contributed by atoms with Crippen molar-refractivity contribution in [2.45, 2.75) is 32.9 Å². The van der Waals surface area contributed by atoms with Gasteiger partial charge in [0.05, 0.1) is 12.6 Å². The molecular formula is C16H24N2O2. The fourth-order valence-electron chi connectivity index (χ4n) is 2.57. The van der Waals surface area contributed by atoms with Crippen molar-refractivity contribution < 1.29 is 9.53 Å². The number of ether oxygens (including phenoxy) is 1. The highest BCUT2D eigenvalue weighted by Crippen LogP contribution is 2.19. The van der Waals surface area contributed by atoms with E-state index in [1.54, 1.807) is 7.11 Å². The maximum Gasteiger partial charge on any atom is 0.251 e. The third kappa shape index (κ3) is 3.38. The van der Waals surface area contributed by atoms with Gasteiger partial charge in [0.2, 0.25) is 0 Å². The molecule has 1 atom stereocenters. The number of carbonyl (C=O) groups excluding carboxylic acids is 1. The summed E-state index contributed by atoms with van der Waals surface area (Å²) in [5, 5.41) is 6.43. The third-order valence-electron chi connectivity index (χ3n) is 3.85. The maximum atomic E-state index is 12.5. The molecule has 20 heavy (non-hydrogen) atoms. The molecule has 1 heterocycles. The van der Waals surface area contributed by atoms with E-state index in [9.17, 15) is 4.79 Å². The number of rotatable bonds is 5. The minimum atomic E-state index is 0.0134. The van der Waals surface area contributed by atoms with Crippen molar-refractivity contribution in [2.75, 3.05) is 20.3 Å². The number of hydrogen-bond donors (Lipinski definition) is 2. The lowest BCUT2D eigenvalue weighted by Gasteiger charge is -2.24. The first kappa shape index (κ1) is 15.0. The van der Waals surface area contributed by atoms with Crippen LogP contribution in [0.25, 0.3) is 0 Å². The SMILES string of the molecule is COCC(NC(=O)c1cccc2c1CCNC2)C(C)C. The van der Waals surface area contributed by atoms with E-state index in [0.717, 1.165) is 25.1 Å². The molecule has 0 saturated heterocycles. The standard InChI is InChI=1S/C16H24N2O2/c1-11(2)15(10-20-3)18-16(19)14-6-4-5-12-9-17-8-7-13(12)14/h4-6,11,15,17H,7-10H2,1-3H3,(H,18,19). The molecule has 1 aliphatic heterocycles. The van der Waals surface area contributed by atoms with E-state index in [-0.39, 0.29) is 11.9 Å². The fraction of sp³-hybridized carbons (Fsp3) is 0.562. The number of hydrogen-bond acceptors (Lipinski definition) is 3. The Bertz CT molecular complexity index is 472. The molecule has 4 heteroatoms. The molecule has 1 aliphatic rings. The first-order chi connectivity index (χ1) is 9.63. The van der Waals surface area contributed by atoms with Crippen LogP contribution in [0, 0.1) is 5.92 Å². The smallest absolute Gasteiger partial charge is 0.251 e. The molecule has 0 spiro atoms. The van der Waals surface area contributed by atoms with Gasteiger partial charge in [0.1, 0.15) is 0 Å². The lowest BCUT2D eigenvalue weighted by molar-refractivity contribution is 0.0865. The Balaban J connectivity index is 2.16. The van der Waals surface area contributed by atoms with E-state index in [1.807, 2.05) is 12.1 Å². The highest BCUT2D eigenvalue weighted by molar-refractivity contribution is 5.96. The Morgan fingerprint density at radius 1 is 1.45 bits per heavy atom. The molecule has 1 aromatic rings. The zero-order valence-electron chi connectivity index (χ0n) is 12.5. The van der Waals surface area contributed by atoms with Gasteiger partial charge < -0.3 is 15.4 Å². The normalized spacial score (nSPS) is 15.8. The van der Waals surface area contributed by atoms with Crippen LogP contribution in [0.15, 0.2) is 18.2 Å². The van der Waals surface area contributed by atoms with Crippen molar-refractivity contribution in [2.24, 2.45) is 5.92 Å². The van der Waals surface area contributed by atoms with Gasteiger partial charge in [0.15, 0.2) is 0 Å². The highest BCUT2D eigenvalue weighted by atomic mass is 16.5. The van der Waals surface area contributed by atoms with Crippen LogP contribution in [0.4, 0.5) is 0 Å². The molecule has 1 aromatic carbocycles. The summed E-state index contributed by atoms with van der Waals surface area (Å²) in [6.45, 7) is 6.51. The number of amides is 1. The summed E-state index contributed by atoms with van der Waals surface area (Å²) < 4.78 is 5.19. The lowest BCUT2D eigenvalue weighted by Crippen LogP contribution is -2.42. The van der Waals surface area contributed by atoms with Gasteiger partial charge in [-0.15, -0.1) is 0 Å². The molecule has 1 unspecified atom stereocenters. The van der Waals surface area contributed by atoms with Crippen LogP contribution < -0.4 is 10.6 Å². The van der Waals surface area contributed by atoms with Gasteiger partial charge in [-0.3, -0.25) is 4.79 Å². The summed E-state index contributed by atoms with van der Waals surface area (Å²) in [4.78, 5) is 12.5. The maximum absolute atomic E-state index is 12.5. The molecule has 2 rings (SSSR count). The molecule has 0 bridgehead atoms. The first-order valence-electron chi connectivity index (χ1n) is 7.24. The first-order valence-corrected chi connectivity index (χ1v) is 7.24. The average molecular weight is 276 g/mol. The van der Waals surface area contributed by atoms with E-state index in [0.29, 0.717) is 12.5 Å². The Morgan fingerprint density at radius 2 is 2.25 bits per heavy atom. The summed E-state index contributed by atoms with van der Waals surface area (Å²) in [7, 11) is 1.66. The number of nitrogens with one attached hydrogen (secondary N) is 2. The number of benzene rings is 1. The van der Waals surface area contributed by atoms with Gasteiger partial charge in [0, 0.05) is 19.2 Å². The summed E-state index contributed by atoms with van der Waals surface area (Å²) in [6.07, 6.45) is 0.912. The van der Waals surface area contributed by atoms with E-state index in [2.05, 4.69) is 30.5 Å². The molecule has 110 valence electrons. The third-order valence-corrected chi connectivity index (χ3v) is 3.85. The second-order valence-corrected chi connectivity index (χ2v) is 5.65. The summed E-state index contributed by atoms with van der Waals surface area (Å²) in [5.41, 5.74) is 3.23. The predicted molar refractivity (Wildman–Crippen MR) is 79.8 cm³/mol.